The standard InChI is InChI=1S/C24H26Cl2N4O3/c1-4-5-13-29-22(31)20-21(27(2)23(29)32)28(3)24(33-19-8-6-7-18(26)14-19)30(20)15-16-9-11-17(25)12-10-16/h6-12,14,24H,4-5,13,15H2,1-3H3. The fraction of sp³-hybridized carbons (Fsp3) is 0.333. The molecular formula is C24H26Cl2N4O3. The molecule has 3 aromatic rings. The molecule has 174 valence electrons. The summed E-state index contributed by atoms with van der Waals surface area (Å²) in [6, 6.07) is 14.5. The molecule has 0 saturated heterocycles. The number of hydrogen-bond donors (Lipinski definition) is 0. The van der Waals surface area contributed by atoms with Gasteiger partial charge in [0.2, 0.25) is 0 Å². The molecule has 1 aliphatic rings. The zero-order valence-corrected chi connectivity index (χ0v) is 20.3. The van der Waals surface area contributed by atoms with E-state index in [0.717, 1.165) is 18.4 Å². The molecule has 0 saturated carbocycles. The van der Waals surface area contributed by atoms with Gasteiger partial charge < -0.3 is 14.5 Å². The quantitative estimate of drug-likeness (QED) is 0.490. The van der Waals surface area contributed by atoms with Crippen LogP contribution in [0.15, 0.2) is 58.1 Å². The van der Waals surface area contributed by atoms with Gasteiger partial charge in [0.15, 0.2) is 0 Å². The van der Waals surface area contributed by atoms with Crippen LogP contribution in [0.2, 0.25) is 10.0 Å². The molecule has 4 rings (SSSR count). The smallest absolute Gasteiger partial charge is 0.332 e. The van der Waals surface area contributed by atoms with Gasteiger partial charge in [-0.2, -0.15) is 0 Å². The number of aromatic nitrogens is 2. The summed E-state index contributed by atoms with van der Waals surface area (Å²) < 4.78 is 9.14. The van der Waals surface area contributed by atoms with Crippen molar-refractivity contribution in [2.75, 3.05) is 16.8 Å². The number of hydrogen-bond acceptors (Lipinski definition) is 5. The summed E-state index contributed by atoms with van der Waals surface area (Å²) in [7, 11) is 3.49. The van der Waals surface area contributed by atoms with Crippen molar-refractivity contribution in [2.24, 2.45) is 7.05 Å². The molecular weight excluding hydrogens is 463 g/mol. The van der Waals surface area contributed by atoms with E-state index >= 15 is 0 Å². The second-order valence-corrected chi connectivity index (χ2v) is 8.96. The lowest BCUT2D eigenvalue weighted by atomic mass is 10.2. The molecule has 2 aromatic carbocycles. The van der Waals surface area contributed by atoms with Gasteiger partial charge in [0, 0.05) is 37.2 Å². The van der Waals surface area contributed by atoms with Crippen LogP contribution in [0.3, 0.4) is 0 Å². The first-order valence-electron chi connectivity index (χ1n) is 10.8. The predicted octanol–water partition coefficient (Wildman–Crippen LogP) is 4.47. The molecule has 1 unspecified atom stereocenters. The number of anilines is 2. The highest BCUT2D eigenvalue weighted by atomic mass is 35.5. The fourth-order valence-electron chi connectivity index (χ4n) is 4.08. The van der Waals surface area contributed by atoms with Crippen LogP contribution in [0.5, 0.6) is 5.75 Å². The van der Waals surface area contributed by atoms with Crippen molar-refractivity contribution in [2.45, 2.75) is 39.2 Å². The van der Waals surface area contributed by atoms with Crippen molar-refractivity contribution in [3.63, 3.8) is 0 Å². The molecule has 1 aromatic heterocycles. The van der Waals surface area contributed by atoms with E-state index in [1.807, 2.05) is 49.2 Å². The summed E-state index contributed by atoms with van der Waals surface area (Å²) in [5.74, 6) is 1.07. The third-order valence-corrected chi connectivity index (χ3v) is 6.24. The highest BCUT2D eigenvalue weighted by Gasteiger charge is 2.40. The van der Waals surface area contributed by atoms with E-state index in [-0.39, 0.29) is 11.2 Å². The lowest BCUT2D eigenvalue weighted by Crippen LogP contribution is -2.46. The van der Waals surface area contributed by atoms with Gasteiger partial charge in [0.1, 0.15) is 17.3 Å². The summed E-state index contributed by atoms with van der Waals surface area (Å²) in [4.78, 5) is 30.3. The summed E-state index contributed by atoms with van der Waals surface area (Å²) in [6.45, 7) is 2.78. The second kappa shape index (κ2) is 9.53. The van der Waals surface area contributed by atoms with Crippen LogP contribution in [0.25, 0.3) is 0 Å². The minimum Gasteiger partial charge on any atom is -0.452 e. The molecule has 0 amide bonds. The van der Waals surface area contributed by atoms with Crippen molar-refractivity contribution in [3.8, 4) is 5.75 Å². The number of nitrogens with zero attached hydrogens (tertiary/aromatic N) is 4. The average Bonchev–Trinajstić information content (AvgIpc) is 3.05. The van der Waals surface area contributed by atoms with Crippen LogP contribution in [-0.4, -0.2) is 22.5 Å². The maximum Gasteiger partial charge on any atom is 0.332 e. The van der Waals surface area contributed by atoms with Crippen LogP contribution in [0.1, 0.15) is 25.3 Å². The molecule has 0 aliphatic carbocycles. The third kappa shape index (κ3) is 4.48. The first-order valence-corrected chi connectivity index (χ1v) is 11.6. The lowest BCUT2D eigenvalue weighted by molar-refractivity contribution is 0.201. The molecule has 9 heteroatoms. The maximum absolute atomic E-state index is 13.6. The molecule has 2 heterocycles. The van der Waals surface area contributed by atoms with E-state index < -0.39 is 6.35 Å². The highest BCUT2D eigenvalue weighted by Crippen LogP contribution is 2.37. The van der Waals surface area contributed by atoms with Crippen LogP contribution in [-0.2, 0) is 20.1 Å². The Morgan fingerprint density at radius 2 is 1.73 bits per heavy atom. The van der Waals surface area contributed by atoms with Gasteiger partial charge in [0.25, 0.3) is 11.9 Å². The van der Waals surface area contributed by atoms with Crippen molar-refractivity contribution < 1.29 is 4.74 Å². The van der Waals surface area contributed by atoms with Crippen LogP contribution < -0.4 is 25.8 Å². The van der Waals surface area contributed by atoms with Gasteiger partial charge in [0.05, 0.1) is 0 Å². The fourth-order valence-corrected chi connectivity index (χ4v) is 4.39. The Balaban J connectivity index is 1.84. The molecule has 0 radical (unpaired) electrons. The van der Waals surface area contributed by atoms with E-state index in [4.69, 9.17) is 27.9 Å². The number of rotatable bonds is 7. The van der Waals surface area contributed by atoms with Crippen LogP contribution in [0, 0.1) is 0 Å². The number of ether oxygens (including phenoxy) is 1. The molecule has 0 fully saturated rings. The van der Waals surface area contributed by atoms with Crippen molar-refractivity contribution in [1.29, 1.82) is 0 Å². The number of unbranched alkanes of at least 4 members (excludes halogenated alkanes) is 1. The molecule has 0 N–H and O–H groups in total. The molecule has 33 heavy (non-hydrogen) atoms. The normalized spacial score (nSPS) is 15.1. The molecule has 1 aliphatic heterocycles. The van der Waals surface area contributed by atoms with E-state index in [1.165, 1.54) is 9.13 Å². The summed E-state index contributed by atoms with van der Waals surface area (Å²) in [5, 5.41) is 1.18. The first kappa shape index (κ1) is 23.3. The Labute approximate surface area is 202 Å². The Morgan fingerprint density at radius 3 is 2.39 bits per heavy atom. The predicted molar refractivity (Wildman–Crippen MR) is 133 cm³/mol. The topological polar surface area (TPSA) is 59.7 Å². The lowest BCUT2D eigenvalue weighted by Gasteiger charge is -2.30. The molecule has 7 nitrogen and oxygen atoms in total. The minimum absolute atomic E-state index is 0.320. The van der Waals surface area contributed by atoms with Crippen LogP contribution >= 0.6 is 23.2 Å². The van der Waals surface area contributed by atoms with Gasteiger partial charge >= 0.3 is 5.69 Å². The zero-order chi connectivity index (χ0) is 23.7. The van der Waals surface area contributed by atoms with E-state index in [1.54, 1.807) is 30.1 Å². The van der Waals surface area contributed by atoms with Crippen molar-refractivity contribution >= 4 is 34.7 Å². The van der Waals surface area contributed by atoms with Gasteiger partial charge in [-0.15, -0.1) is 0 Å². The average molecular weight is 489 g/mol. The first-order chi connectivity index (χ1) is 15.8. The molecule has 0 bridgehead atoms. The van der Waals surface area contributed by atoms with E-state index in [0.29, 0.717) is 40.4 Å². The number of benzene rings is 2. The van der Waals surface area contributed by atoms with Crippen molar-refractivity contribution in [1.82, 2.24) is 9.13 Å². The number of fused-ring (bicyclic) bond motifs is 1. The van der Waals surface area contributed by atoms with Gasteiger partial charge in [-0.05, 0) is 42.3 Å². The Kier molecular flexibility index (Phi) is 6.72. The summed E-state index contributed by atoms with van der Waals surface area (Å²) in [6.07, 6.45) is 0.958. The Hall–Kier alpha value is -2.90. The third-order valence-electron chi connectivity index (χ3n) is 5.75. The van der Waals surface area contributed by atoms with E-state index in [9.17, 15) is 9.59 Å². The Bertz CT molecular complexity index is 1270. The molecule has 0 spiro atoms. The summed E-state index contributed by atoms with van der Waals surface area (Å²) in [5.41, 5.74) is 0.722. The van der Waals surface area contributed by atoms with Gasteiger partial charge in [-0.1, -0.05) is 54.7 Å². The maximum atomic E-state index is 13.6. The minimum atomic E-state index is -0.658. The second-order valence-electron chi connectivity index (χ2n) is 8.09. The molecule has 1 atom stereocenters. The number of halogens is 2. The summed E-state index contributed by atoms with van der Waals surface area (Å²) >= 11 is 12.2. The monoisotopic (exact) mass is 488 g/mol. The van der Waals surface area contributed by atoms with Crippen molar-refractivity contribution in [3.05, 3.63) is 85.0 Å². The Morgan fingerprint density at radius 1 is 1.00 bits per heavy atom. The van der Waals surface area contributed by atoms with Gasteiger partial charge in [-0.25, -0.2) is 4.79 Å². The zero-order valence-electron chi connectivity index (χ0n) is 18.8. The highest BCUT2D eigenvalue weighted by molar-refractivity contribution is 6.30. The van der Waals surface area contributed by atoms with E-state index in [2.05, 4.69) is 0 Å². The largest absolute Gasteiger partial charge is 0.452 e. The van der Waals surface area contributed by atoms with Gasteiger partial charge in [-0.3, -0.25) is 13.9 Å². The van der Waals surface area contributed by atoms with Crippen LogP contribution in [0.4, 0.5) is 11.5 Å². The SMILES string of the molecule is CCCCn1c(=O)c2c(n(C)c1=O)N(C)C(Oc1cccc(Cl)c1)N2Cc1ccc(Cl)cc1.